The molecule has 0 spiro atoms. The van der Waals surface area contributed by atoms with Crippen molar-refractivity contribution in [3.63, 3.8) is 0 Å². The van der Waals surface area contributed by atoms with Gasteiger partial charge in [0.2, 0.25) is 0 Å². The van der Waals surface area contributed by atoms with E-state index in [1.165, 1.54) is 42.1 Å². The topological polar surface area (TPSA) is 12.0 Å². The molecule has 1 heterocycles. The van der Waals surface area contributed by atoms with E-state index in [0.29, 0.717) is 0 Å². The average Bonchev–Trinajstić information content (AvgIpc) is 3.18. The van der Waals surface area contributed by atoms with Crippen LogP contribution in [0, 0.1) is 0 Å². The van der Waals surface area contributed by atoms with Gasteiger partial charge in [-0.1, -0.05) is 84.9 Å². The highest BCUT2D eigenvalue weighted by molar-refractivity contribution is 7.26. The maximum atomic E-state index is 3.71. The molecule has 5 aromatic carbocycles. The van der Waals surface area contributed by atoms with Crippen LogP contribution in [0.4, 0.5) is 11.4 Å². The third-order valence-corrected chi connectivity index (χ3v) is 6.84. The summed E-state index contributed by atoms with van der Waals surface area (Å²) in [4.78, 5) is 0. The number of hydrogen-bond donors (Lipinski definition) is 1. The van der Waals surface area contributed by atoms with E-state index in [4.69, 9.17) is 0 Å². The molecule has 1 aromatic heterocycles. The van der Waals surface area contributed by atoms with Crippen molar-refractivity contribution < 1.29 is 0 Å². The van der Waals surface area contributed by atoms with Gasteiger partial charge in [0.1, 0.15) is 0 Å². The highest BCUT2D eigenvalue weighted by Crippen LogP contribution is 2.44. The first kappa shape index (κ1) is 17.3. The van der Waals surface area contributed by atoms with Gasteiger partial charge in [-0.3, -0.25) is 0 Å². The van der Waals surface area contributed by atoms with Gasteiger partial charge in [-0.05, 0) is 40.6 Å². The molecule has 0 saturated carbocycles. The third kappa shape index (κ3) is 2.85. The van der Waals surface area contributed by atoms with E-state index in [-0.39, 0.29) is 0 Å². The van der Waals surface area contributed by atoms with Gasteiger partial charge in [-0.15, -0.1) is 11.3 Å². The molecule has 0 saturated heterocycles. The molecule has 142 valence electrons. The van der Waals surface area contributed by atoms with E-state index >= 15 is 0 Å². The molecule has 0 aliphatic rings. The minimum absolute atomic E-state index is 1.10. The molecule has 0 amide bonds. The Morgan fingerprint density at radius 1 is 0.567 bits per heavy atom. The first-order valence-corrected chi connectivity index (χ1v) is 10.9. The first-order valence-electron chi connectivity index (χ1n) is 10.1. The van der Waals surface area contributed by atoms with Crippen LogP contribution in [0.25, 0.3) is 42.1 Å². The molecular formula is C28H19NS. The summed E-state index contributed by atoms with van der Waals surface area (Å²) < 4.78 is 2.65. The Labute approximate surface area is 179 Å². The molecule has 6 aromatic rings. The zero-order valence-electron chi connectivity index (χ0n) is 16.3. The van der Waals surface area contributed by atoms with E-state index in [1.807, 2.05) is 11.3 Å². The van der Waals surface area contributed by atoms with Gasteiger partial charge in [0.05, 0.1) is 0 Å². The van der Waals surface area contributed by atoms with Crippen LogP contribution in [0.15, 0.2) is 109 Å². The number of benzene rings is 5. The van der Waals surface area contributed by atoms with E-state index < -0.39 is 0 Å². The molecule has 2 heteroatoms. The van der Waals surface area contributed by atoms with E-state index in [2.05, 4.69) is 115 Å². The highest BCUT2D eigenvalue weighted by Gasteiger charge is 2.15. The van der Waals surface area contributed by atoms with Gasteiger partial charge in [0, 0.05) is 37.1 Å². The molecule has 0 atom stereocenters. The Balaban J connectivity index is 1.58. The lowest BCUT2D eigenvalue weighted by molar-refractivity contribution is 1.58. The van der Waals surface area contributed by atoms with Crippen molar-refractivity contribution >= 4 is 53.7 Å². The van der Waals surface area contributed by atoms with Crippen molar-refractivity contribution in [2.45, 2.75) is 0 Å². The molecule has 0 unspecified atom stereocenters. The van der Waals surface area contributed by atoms with Gasteiger partial charge in [0.25, 0.3) is 0 Å². The number of nitrogens with one attached hydrogen (secondary N) is 1. The fraction of sp³-hybridized carbons (Fsp3) is 0. The smallest absolute Gasteiger partial charge is 0.0478 e. The lowest BCUT2D eigenvalue weighted by atomic mass is 10.00. The molecule has 0 fully saturated rings. The maximum Gasteiger partial charge on any atom is 0.0478 e. The van der Waals surface area contributed by atoms with Crippen LogP contribution >= 0.6 is 11.3 Å². The number of rotatable bonds is 3. The predicted octanol–water partition coefficient (Wildman–Crippen LogP) is 8.62. The van der Waals surface area contributed by atoms with Gasteiger partial charge in [0.15, 0.2) is 0 Å². The van der Waals surface area contributed by atoms with Crippen LogP contribution in [0.3, 0.4) is 0 Å². The Hall–Kier alpha value is -3.62. The Morgan fingerprint density at radius 3 is 2.23 bits per heavy atom. The van der Waals surface area contributed by atoms with Gasteiger partial charge in [-0.2, -0.15) is 0 Å². The summed E-state index contributed by atoms with van der Waals surface area (Å²) in [5, 5.41) is 8.85. The van der Waals surface area contributed by atoms with Crippen LogP contribution in [-0.4, -0.2) is 0 Å². The third-order valence-electron chi connectivity index (χ3n) is 5.64. The van der Waals surface area contributed by atoms with E-state index in [1.54, 1.807) is 0 Å². The fourth-order valence-electron chi connectivity index (χ4n) is 4.21. The summed E-state index contributed by atoms with van der Waals surface area (Å²) in [6.07, 6.45) is 0. The number of fused-ring (bicyclic) bond motifs is 4. The van der Waals surface area contributed by atoms with E-state index in [9.17, 15) is 0 Å². The molecule has 0 aliphatic carbocycles. The summed E-state index contributed by atoms with van der Waals surface area (Å²) >= 11 is 1.87. The summed E-state index contributed by atoms with van der Waals surface area (Å²) in [5.41, 5.74) is 4.74. The van der Waals surface area contributed by atoms with Crippen LogP contribution < -0.4 is 5.32 Å². The largest absolute Gasteiger partial charge is 0.355 e. The minimum atomic E-state index is 1.10. The monoisotopic (exact) mass is 401 g/mol. The molecular weight excluding hydrogens is 382 g/mol. The SMILES string of the molecule is c1ccc(-c2c(Nc3ccc4ccccc4c3)ccc3c2sc2ccccc23)cc1. The fourth-order valence-corrected chi connectivity index (χ4v) is 5.48. The Kier molecular flexibility index (Phi) is 4.03. The second-order valence-corrected chi connectivity index (χ2v) is 8.57. The summed E-state index contributed by atoms with van der Waals surface area (Å²) in [6.45, 7) is 0. The zero-order valence-corrected chi connectivity index (χ0v) is 17.1. The molecule has 1 nitrogen and oxygen atoms in total. The molecule has 6 rings (SSSR count). The number of thiophene rings is 1. The molecule has 0 aliphatic heterocycles. The lowest BCUT2D eigenvalue weighted by Crippen LogP contribution is -1.94. The van der Waals surface area contributed by atoms with Crippen LogP contribution in [-0.2, 0) is 0 Å². The summed E-state index contributed by atoms with van der Waals surface area (Å²) in [6, 6.07) is 38.9. The molecule has 30 heavy (non-hydrogen) atoms. The van der Waals surface area contributed by atoms with Gasteiger partial charge in [-0.25, -0.2) is 0 Å². The Bertz CT molecular complexity index is 1510. The minimum Gasteiger partial charge on any atom is -0.355 e. The van der Waals surface area contributed by atoms with Gasteiger partial charge >= 0.3 is 0 Å². The van der Waals surface area contributed by atoms with Crippen LogP contribution in [0.1, 0.15) is 0 Å². The number of anilines is 2. The van der Waals surface area contributed by atoms with Crippen molar-refractivity contribution in [2.24, 2.45) is 0 Å². The van der Waals surface area contributed by atoms with Crippen molar-refractivity contribution in [3.8, 4) is 11.1 Å². The maximum absolute atomic E-state index is 3.71. The number of hydrogen-bond acceptors (Lipinski definition) is 2. The highest BCUT2D eigenvalue weighted by atomic mass is 32.1. The first-order chi connectivity index (χ1) is 14.9. The molecule has 0 radical (unpaired) electrons. The molecule has 0 bridgehead atoms. The van der Waals surface area contributed by atoms with Gasteiger partial charge < -0.3 is 5.32 Å². The second-order valence-electron chi connectivity index (χ2n) is 7.52. The summed E-state index contributed by atoms with van der Waals surface area (Å²) in [7, 11) is 0. The molecule has 1 N–H and O–H groups in total. The standard InChI is InChI=1S/C28H19NS/c1-2-9-20(10-3-1)27-25(29-22-15-14-19-8-4-5-11-21(19)18-22)17-16-24-23-12-6-7-13-26(23)30-28(24)27/h1-18,29H. The Morgan fingerprint density at radius 2 is 1.33 bits per heavy atom. The second kappa shape index (κ2) is 7.01. The van der Waals surface area contributed by atoms with Crippen molar-refractivity contribution in [3.05, 3.63) is 109 Å². The lowest BCUT2D eigenvalue weighted by Gasteiger charge is -2.14. The normalized spacial score (nSPS) is 11.3. The zero-order chi connectivity index (χ0) is 19.9. The quantitative estimate of drug-likeness (QED) is 0.313. The predicted molar refractivity (Wildman–Crippen MR) is 132 cm³/mol. The van der Waals surface area contributed by atoms with Crippen molar-refractivity contribution in [1.82, 2.24) is 0 Å². The van der Waals surface area contributed by atoms with E-state index in [0.717, 1.165) is 11.4 Å². The van der Waals surface area contributed by atoms with Crippen molar-refractivity contribution in [2.75, 3.05) is 5.32 Å². The average molecular weight is 402 g/mol. The summed E-state index contributed by atoms with van der Waals surface area (Å²) in [5.74, 6) is 0. The van der Waals surface area contributed by atoms with Crippen LogP contribution in [0.5, 0.6) is 0 Å². The van der Waals surface area contributed by atoms with Crippen LogP contribution in [0.2, 0.25) is 0 Å². The van der Waals surface area contributed by atoms with Crippen molar-refractivity contribution in [1.29, 1.82) is 0 Å².